The lowest BCUT2D eigenvalue weighted by Crippen LogP contribution is -2.45. The number of amides is 1. The predicted octanol–water partition coefficient (Wildman–Crippen LogP) is 2.98. The molecule has 6 nitrogen and oxygen atoms in total. The van der Waals surface area contributed by atoms with Crippen LogP contribution in [0.15, 0.2) is 23.1 Å². The molecule has 7 heteroatoms. The topological polar surface area (TPSA) is 66.9 Å². The van der Waals surface area contributed by atoms with Gasteiger partial charge in [-0.25, -0.2) is 8.42 Å². The third-order valence-electron chi connectivity index (χ3n) is 6.47. The molecule has 1 aromatic carbocycles. The first-order valence-electron chi connectivity index (χ1n) is 10.5. The van der Waals surface area contributed by atoms with E-state index in [1.807, 2.05) is 11.8 Å². The molecule has 2 fully saturated rings. The number of ether oxygens (including phenoxy) is 1. The maximum Gasteiger partial charge on any atom is 0.264 e. The van der Waals surface area contributed by atoms with Crippen LogP contribution < -0.4 is 4.74 Å². The summed E-state index contributed by atoms with van der Waals surface area (Å²) in [7, 11) is -3.49. The Morgan fingerprint density at radius 2 is 1.71 bits per heavy atom. The molecule has 0 aromatic heterocycles. The summed E-state index contributed by atoms with van der Waals surface area (Å²) in [4.78, 5) is 15.2. The van der Waals surface area contributed by atoms with E-state index in [9.17, 15) is 13.2 Å². The molecule has 2 unspecified atom stereocenters. The molecule has 154 valence electrons. The zero-order valence-corrected chi connectivity index (χ0v) is 17.6. The minimum atomic E-state index is -3.49. The molecule has 1 amide bonds. The summed E-state index contributed by atoms with van der Waals surface area (Å²) in [5, 5.41) is 0. The van der Waals surface area contributed by atoms with E-state index in [4.69, 9.17) is 4.74 Å². The summed E-state index contributed by atoms with van der Waals surface area (Å²) < 4.78 is 33.5. The van der Waals surface area contributed by atoms with Crippen LogP contribution in [0.2, 0.25) is 0 Å². The molecular formula is C21H30N2O4S. The maximum absolute atomic E-state index is 13.0. The Bertz CT molecular complexity index is 840. The number of hydrogen-bond donors (Lipinski definition) is 0. The van der Waals surface area contributed by atoms with Gasteiger partial charge in [-0.15, -0.1) is 0 Å². The quantitative estimate of drug-likeness (QED) is 0.774. The van der Waals surface area contributed by atoms with Crippen LogP contribution in [-0.2, 0) is 14.8 Å². The van der Waals surface area contributed by atoms with Crippen molar-refractivity contribution in [2.24, 2.45) is 5.92 Å². The molecular weight excluding hydrogens is 376 g/mol. The highest BCUT2D eigenvalue weighted by Gasteiger charge is 2.40. The Labute approximate surface area is 167 Å². The largest absolute Gasteiger partial charge is 0.480 e. The highest BCUT2D eigenvalue weighted by atomic mass is 32.2. The fraction of sp³-hybridized carbons (Fsp3) is 0.667. The average Bonchev–Trinajstić information content (AvgIpc) is 3.05. The number of rotatable bonds is 3. The highest BCUT2D eigenvalue weighted by molar-refractivity contribution is 7.89. The molecule has 2 atom stereocenters. The van der Waals surface area contributed by atoms with Crippen molar-refractivity contribution in [1.29, 1.82) is 0 Å². The van der Waals surface area contributed by atoms with E-state index < -0.39 is 16.1 Å². The monoisotopic (exact) mass is 406 g/mol. The minimum absolute atomic E-state index is 0.0241. The summed E-state index contributed by atoms with van der Waals surface area (Å²) in [6.45, 7) is 6.89. The molecule has 0 radical (unpaired) electrons. The molecule has 3 aliphatic heterocycles. The second-order valence-electron chi connectivity index (χ2n) is 8.50. The van der Waals surface area contributed by atoms with Gasteiger partial charge in [0.05, 0.1) is 4.90 Å². The fourth-order valence-electron chi connectivity index (χ4n) is 4.48. The van der Waals surface area contributed by atoms with Crippen LogP contribution in [0, 0.1) is 5.92 Å². The number of piperidine rings is 2. The summed E-state index contributed by atoms with van der Waals surface area (Å²) in [5.74, 6) is 1.16. The van der Waals surface area contributed by atoms with E-state index in [0.717, 1.165) is 50.8 Å². The van der Waals surface area contributed by atoms with Crippen LogP contribution in [0.5, 0.6) is 5.75 Å². The van der Waals surface area contributed by atoms with Gasteiger partial charge in [0.15, 0.2) is 6.10 Å². The smallest absolute Gasteiger partial charge is 0.264 e. The third-order valence-corrected chi connectivity index (χ3v) is 8.37. The lowest BCUT2D eigenvalue weighted by atomic mass is 9.94. The van der Waals surface area contributed by atoms with E-state index >= 15 is 0 Å². The number of sulfonamides is 1. The van der Waals surface area contributed by atoms with Gasteiger partial charge in [0, 0.05) is 37.7 Å². The molecule has 0 bridgehead atoms. The molecule has 0 saturated carbocycles. The Hall–Kier alpha value is -1.60. The molecule has 0 aliphatic carbocycles. The summed E-state index contributed by atoms with van der Waals surface area (Å²) in [6, 6.07) is 5.05. The van der Waals surface area contributed by atoms with E-state index in [1.54, 1.807) is 22.5 Å². The van der Waals surface area contributed by atoms with Gasteiger partial charge >= 0.3 is 0 Å². The number of likely N-dealkylation sites (tertiary alicyclic amines) is 1. The lowest BCUT2D eigenvalue weighted by molar-refractivity contribution is -0.140. The number of benzene rings is 1. The van der Waals surface area contributed by atoms with Crippen LogP contribution in [0.1, 0.15) is 57.4 Å². The Morgan fingerprint density at radius 1 is 1.04 bits per heavy atom. The van der Waals surface area contributed by atoms with Crippen molar-refractivity contribution < 1.29 is 17.9 Å². The van der Waals surface area contributed by atoms with Gasteiger partial charge in [0.1, 0.15) is 5.75 Å². The van der Waals surface area contributed by atoms with E-state index in [2.05, 4.69) is 6.92 Å². The fourth-order valence-corrected chi connectivity index (χ4v) is 6.03. The van der Waals surface area contributed by atoms with Crippen LogP contribution in [-0.4, -0.2) is 55.8 Å². The zero-order chi connectivity index (χ0) is 19.9. The third kappa shape index (κ3) is 3.54. The molecule has 3 aliphatic rings. The van der Waals surface area contributed by atoms with Gasteiger partial charge in [-0.3, -0.25) is 4.79 Å². The predicted molar refractivity (Wildman–Crippen MR) is 107 cm³/mol. The number of nitrogens with zero attached hydrogens (tertiary/aromatic N) is 2. The van der Waals surface area contributed by atoms with Gasteiger partial charge in [-0.05, 0) is 49.8 Å². The van der Waals surface area contributed by atoms with Crippen LogP contribution in [0.25, 0.3) is 0 Å². The van der Waals surface area contributed by atoms with Crippen molar-refractivity contribution in [3.8, 4) is 5.75 Å². The van der Waals surface area contributed by atoms with Crippen LogP contribution in [0.4, 0.5) is 0 Å². The zero-order valence-electron chi connectivity index (χ0n) is 16.8. The van der Waals surface area contributed by atoms with Crippen molar-refractivity contribution in [2.45, 2.75) is 62.9 Å². The summed E-state index contributed by atoms with van der Waals surface area (Å²) in [6.07, 6.45) is 4.40. The molecule has 1 aromatic rings. The summed E-state index contributed by atoms with van der Waals surface area (Å²) >= 11 is 0. The standard InChI is InChI=1S/C21H30N2O4S/c1-15-8-12-22(13-9-15)21(24)20-16(2)18-14-17(6-7-19(18)27-20)28(25,26)23-10-4-3-5-11-23/h6-7,14-16,20H,3-5,8-13H2,1-2H3. The van der Waals surface area contributed by atoms with E-state index in [-0.39, 0.29) is 11.8 Å². The number of hydrogen-bond acceptors (Lipinski definition) is 4. The van der Waals surface area contributed by atoms with Crippen molar-refractivity contribution in [3.05, 3.63) is 23.8 Å². The first-order valence-corrected chi connectivity index (χ1v) is 11.9. The second kappa shape index (κ2) is 7.67. The molecule has 2 saturated heterocycles. The van der Waals surface area contributed by atoms with Gasteiger partial charge < -0.3 is 9.64 Å². The number of fused-ring (bicyclic) bond motifs is 1. The Morgan fingerprint density at radius 3 is 2.39 bits per heavy atom. The van der Waals surface area contributed by atoms with Crippen molar-refractivity contribution in [1.82, 2.24) is 9.21 Å². The van der Waals surface area contributed by atoms with Crippen LogP contribution in [0.3, 0.4) is 0 Å². The Balaban J connectivity index is 1.53. The van der Waals surface area contributed by atoms with Gasteiger partial charge in [0.25, 0.3) is 5.91 Å². The second-order valence-corrected chi connectivity index (χ2v) is 10.4. The molecule has 3 heterocycles. The van der Waals surface area contributed by atoms with Gasteiger partial charge in [-0.2, -0.15) is 4.31 Å². The molecule has 28 heavy (non-hydrogen) atoms. The van der Waals surface area contributed by atoms with Gasteiger partial charge in [0.2, 0.25) is 10.0 Å². The number of carbonyl (C=O) groups is 1. The molecule has 0 spiro atoms. The first-order chi connectivity index (χ1) is 13.4. The van der Waals surface area contributed by atoms with Crippen LogP contribution >= 0.6 is 0 Å². The van der Waals surface area contributed by atoms with E-state index in [1.165, 1.54) is 0 Å². The maximum atomic E-state index is 13.0. The summed E-state index contributed by atoms with van der Waals surface area (Å²) in [5.41, 5.74) is 0.821. The van der Waals surface area contributed by atoms with Crippen molar-refractivity contribution in [2.75, 3.05) is 26.2 Å². The Kier molecular flexibility index (Phi) is 5.40. The highest BCUT2D eigenvalue weighted by Crippen LogP contribution is 2.40. The SMILES string of the molecule is CC1CCN(C(=O)C2Oc3ccc(S(=O)(=O)N4CCCCC4)cc3C2C)CC1. The molecule has 4 rings (SSSR count). The van der Waals surface area contributed by atoms with E-state index in [0.29, 0.717) is 29.7 Å². The van der Waals surface area contributed by atoms with Crippen molar-refractivity contribution in [3.63, 3.8) is 0 Å². The van der Waals surface area contributed by atoms with Gasteiger partial charge in [-0.1, -0.05) is 20.3 Å². The average molecular weight is 407 g/mol. The van der Waals surface area contributed by atoms with Crippen molar-refractivity contribution >= 4 is 15.9 Å². The number of carbonyl (C=O) groups excluding carboxylic acids is 1. The lowest BCUT2D eigenvalue weighted by Gasteiger charge is -2.32. The minimum Gasteiger partial charge on any atom is -0.480 e. The first kappa shape index (κ1) is 19.7. The molecule has 0 N–H and O–H groups in total. The normalized spacial score (nSPS) is 26.7.